The maximum absolute atomic E-state index is 12.5. The molecular weight excluding hydrogens is 280 g/mol. The molecule has 0 spiro atoms. The fourth-order valence-corrected chi connectivity index (χ4v) is 1.82. The highest BCUT2D eigenvalue weighted by atomic mass is 35.5. The Bertz CT molecular complexity index is 485. The molecule has 0 aromatic heterocycles. The number of ether oxygens (including phenoxy) is 1. The largest absolute Gasteiger partial charge is 0.480 e. The molecule has 1 heterocycles. The van der Waals surface area contributed by atoms with Gasteiger partial charge in [-0.25, -0.2) is 0 Å². The number of fused-ring (bicyclic) bond motifs is 1. The Morgan fingerprint density at radius 3 is 2.41 bits per heavy atom. The van der Waals surface area contributed by atoms with E-state index in [0.29, 0.717) is 0 Å². The number of carbonyl (C=O) groups excluding carboxylic acids is 1. The molecule has 92 valence electrons. The second-order valence-corrected chi connectivity index (χ2v) is 4.35. The predicted molar refractivity (Wildman–Crippen MR) is 55.9 cm³/mol. The van der Waals surface area contributed by atoms with Gasteiger partial charge in [-0.1, -0.05) is 23.2 Å². The first-order valence-corrected chi connectivity index (χ1v) is 5.30. The number of Topliss-reactive ketones (excluding diaryl/α,β-unsaturated/α-hetero) is 1. The molecule has 2 nitrogen and oxygen atoms in total. The van der Waals surface area contributed by atoms with Crippen LogP contribution in [0.2, 0.25) is 10.0 Å². The summed E-state index contributed by atoms with van der Waals surface area (Å²) in [6.45, 7) is 0. The van der Waals surface area contributed by atoms with Crippen molar-refractivity contribution < 1.29 is 22.7 Å². The Morgan fingerprint density at radius 1 is 1.24 bits per heavy atom. The van der Waals surface area contributed by atoms with Crippen molar-refractivity contribution in [3.8, 4) is 5.75 Å². The summed E-state index contributed by atoms with van der Waals surface area (Å²) in [6.07, 6.45) is -7.45. The van der Waals surface area contributed by atoms with Gasteiger partial charge in [0, 0.05) is 6.07 Å². The average Bonchev–Trinajstić information content (AvgIpc) is 2.19. The Morgan fingerprint density at radius 2 is 1.82 bits per heavy atom. The van der Waals surface area contributed by atoms with Crippen LogP contribution in [0.5, 0.6) is 5.75 Å². The zero-order chi connectivity index (χ0) is 12.8. The summed E-state index contributed by atoms with van der Waals surface area (Å²) in [6, 6.07) is 2.34. The molecule has 0 bridgehead atoms. The van der Waals surface area contributed by atoms with Gasteiger partial charge in [0.1, 0.15) is 5.75 Å². The molecule has 0 N–H and O–H groups in total. The summed E-state index contributed by atoms with van der Waals surface area (Å²) in [5.74, 6) is -0.842. The monoisotopic (exact) mass is 284 g/mol. The van der Waals surface area contributed by atoms with E-state index >= 15 is 0 Å². The quantitative estimate of drug-likeness (QED) is 0.722. The van der Waals surface area contributed by atoms with Crippen LogP contribution in [0.3, 0.4) is 0 Å². The van der Waals surface area contributed by atoms with Gasteiger partial charge < -0.3 is 4.74 Å². The molecule has 2 rings (SSSR count). The highest BCUT2D eigenvalue weighted by Crippen LogP contribution is 2.38. The van der Waals surface area contributed by atoms with Crippen LogP contribution in [-0.4, -0.2) is 18.1 Å². The molecular formula is C10H5Cl2F3O2. The van der Waals surface area contributed by atoms with E-state index < -0.39 is 24.5 Å². The third-order valence-electron chi connectivity index (χ3n) is 2.33. The van der Waals surface area contributed by atoms with Gasteiger partial charge in [0.05, 0.1) is 22.0 Å². The van der Waals surface area contributed by atoms with E-state index in [0.717, 1.165) is 6.07 Å². The number of hydrogen-bond acceptors (Lipinski definition) is 2. The number of ketones is 1. The van der Waals surface area contributed by atoms with Gasteiger partial charge in [-0.3, -0.25) is 4.79 Å². The minimum atomic E-state index is -4.58. The maximum atomic E-state index is 12.5. The Labute approximate surface area is 104 Å². The molecule has 1 atom stereocenters. The van der Waals surface area contributed by atoms with Crippen LogP contribution < -0.4 is 4.74 Å². The number of rotatable bonds is 0. The van der Waals surface area contributed by atoms with Crippen molar-refractivity contribution in [3.05, 3.63) is 27.7 Å². The summed E-state index contributed by atoms with van der Waals surface area (Å²) in [5, 5.41) is 0.147. The summed E-state index contributed by atoms with van der Waals surface area (Å²) in [4.78, 5) is 11.5. The third-order valence-corrected chi connectivity index (χ3v) is 3.05. The number of halogens is 5. The lowest BCUT2D eigenvalue weighted by molar-refractivity contribution is -0.195. The van der Waals surface area contributed by atoms with Gasteiger partial charge >= 0.3 is 6.18 Å². The van der Waals surface area contributed by atoms with Gasteiger partial charge in [-0.15, -0.1) is 0 Å². The Balaban J connectivity index is 2.43. The minimum absolute atomic E-state index is 0.0277. The van der Waals surface area contributed by atoms with Gasteiger partial charge in [-0.05, 0) is 6.07 Å². The number of carbonyl (C=O) groups is 1. The normalized spacial score (nSPS) is 19.8. The highest BCUT2D eigenvalue weighted by molar-refractivity contribution is 6.42. The zero-order valence-electron chi connectivity index (χ0n) is 8.15. The second-order valence-electron chi connectivity index (χ2n) is 3.54. The molecule has 0 amide bonds. The summed E-state index contributed by atoms with van der Waals surface area (Å²) < 4.78 is 42.1. The summed E-state index contributed by atoms with van der Waals surface area (Å²) in [7, 11) is 0. The maximum Gasteiger partial charge on any atom is 0.425 e. The first-order valence-electron chi connectivity index (χ1n) is 4.54. The van der Waals surface area contributed by atoms with Gasteiger partial charge in [-0.2, -0.15) is 13.2 Å². The predicted octanol–water partition coefficient (Wildman–Crippen LogP) is 3.89. The number of alkyl halides is 3. The van der Waals surface area contributed by atoms with Crippen LogP contribution in [0.25, 0.3) is 0 Å². The summed E-state index contributed by atoms with van der Waals surface area (Å²) >= 11 is 11.3. The van der Waals surface area contributed by atoms with Gasteiger partial charge in [0.25, 0.3) is 0 Å². The lowest BCUT2D eigenvalue weighted by Gasteiger charge is -2.27. The first-order chi connectivity index (χ1) is 7.79. The highest BCUT2D eigenvalue weighted by Gasteiger charge is 2.46. The lowest BCUT2D eigenvalue weighted by Crippen LogP contribution is -2.39. The molecule has 0 radical (unpaired) electrons. The standard InChI is InChI=1S/C10H5Cl2F3O2/c11-5-1-4-7(16)3-9(10(13,14)15)17-8(4)2-6(5)12/h1-2,9H,3H2. The van der Waals surface area contributed by atoms with Crippen LogP contribution in [0.15, 0.2) is 12.1 Å². The molecule has 17 heavy (non-hydrogen) atoms. The van der Waals surface area contributed by atoms with E-state index in [4.69, 9.17) is 27.9 Å². The third kappa shape index (κ3) is 2.35. The molecule has 0 saturated carbocycles. The molecule has 0 saturated heterocycles. The van der Waals surface area contributed by atoms with E-state index in [-0.39, 0.29) is 21.4 Å². The molecule has 1 aliphatic heterocycles. The average molecular weight is 285 g/mol. The Kier molecular flexibility index (Phi) is 2.99. The van der Waals surface area contributed by atoms with E-state index in [1.165, 1.54) is 6.07 Å². The zero-order valence-corrected chi connectivity index (χ0v) is 9.66. The first kappa shape index (κ1) is 12.5. The minimum Gasteiger partial charge on any atom is -0.480 e. The van der Waals surface area contributed by atoms with E-state index in [9.17, 15) is 18.0 Å². The van der Waals surface area contributed by atoms with Gasteiger partial charge in [0.2, 0.25) is 6.10 Å². The van der Waals surface area contributed by atoms with E-state index in [1.54, 1.807) is 0 Å². The molecule has 1 unspecified atom stereocenters. The van der Waals surface area contributed by atoms with Gasteiger partial charge in [0.15, 0.2) is 5.78 Å². The molecule has 1 aromatic carbocycles. The number of hydrogen-bond donors (Lipinski definition) is 0. The molecule has 1 aliphatic rings. The second kappa shape index (κ2) is 4.07. The van der Waals surface area contributed by atoms with Crippen molar-refractivity contribution in [1.82, 2.24) is 0 Å². The van der Waals surface area contributed by atoms with Crippen LogP contribution in [0.1, 0.15) is 16.8 Å². The summed E-state index contributed by atoms with van der Waals surface area (Å²) in [5.41, 5.74) is 0.0277. The molecule has 7 heteroatoms. The van der Waals surface area contributed by atoms with Crippen LogP contribution in [0.4, 0.5) is 13.2 Å². The topological polar surface area (TPSA) is 26.3 Å². The van der Waals surface area contributed by atoms with Crippen molar-refractivity contribution in [2.45, 2.75) is 18.7 Å². The fourth-order valence-electron chi connectivity index (χ4n) is 1.50. The Hall–Kier alpha value is -0.940. The number of benzene rings is 1. The SMILES string of the molecule is O=C1CC(C(F)(F)F)Oc2cc(Cl)c(Cl)cc21. The van der Waals surface area contributed by atoms with E-state index in [2.05, 4.69) is 0 Å². The lowest BCUT2D eigenvalue weighted by atomic mass is 10.0. The molecule has 0 aliphatic carbocycles. The smallest absolute Gasteiger partial charge is 0.425 e. The van der Waals surface area contributed by atoms with Crippen LogP contribution in [-0.2, 0) is 0 Å². The van der Waals surface area contributed by atoms with Crippen molar-refractivity contribution in [1.29, 1.82) is 0 Å². The van der Waals surface area contributed by atoms with Crippen LogP contribution >= 0.6 is 23.2 Å². The molecule has 0 fully saturated rings. The van der Waals surface area contributed by atoms with Crippen molar-refractivity contribution in [3.63, 3.8) is 0 Å². The van der Waals surface area contributed by atoms with Crippen molar-refractivity contribution in [2.24, 2.45) is 0 Å². The van der Waals surface area contributed by atoms with Crippen LogP contribution in [0, 0.1) is 0 Å². The van der Waals surface area contributed by atoms with E-state index in [1.807, 2.05) is 0 Å². The van der Waals surface area contributed by atoms with Crippen molar-refractivity contribution in [2.75, 3.05) is 0 Å². The van der Waals surface area contributed by atoms with Crippen molar-refractivity contribution >= 4 is 29.0 Å². The molecule has 1 aromatic rings. The fraction of sp³-hybridized carbons (Fsp3) is 0.300.